The van der Waals surface area contributed by atoms with E-state index in [0.717, 1.165) is 12.8 Å². The van der Waals surface area contributed by atoms with Crippen molar-refractivity contribution in [2.45, 2.75) is 19.3 Å². The highest BCUT2D eigenvalue weighted by Crippen LogP contribution is 2.36. The molecule has 4 nitrogen and oxygen atoms in total. The Morgan fingerprint density at radius 1 is 0.742 bits per heavy atom. The second kappa shape index (κ2) is 9.17. The van der Waals surface area contributed by atoms with E-state index in [9.17, 15) is 4.79 Å². The molecule has 0 aromatic heterocycles. The molecule has 0 atom stereocenters. The van der Waals surface area contributed by atoms with E-state index in [1.54, 1.807) is 24.3 Å². The second-order valence-corrected chi connectivity index (χ2v) is 7.68. The average Bonchev–Trinajstić information content (AvgIpc) is 2.79. The molecule has 0 saturated carbocycles. The number of carbonyl (C=O) groups is 1. The summed E-state index contributed by atoms with van der Waals surface area (Å²) in [6.07, 6.45) is 2.14. The Bertz CT molecular complexity index is 1300. The fourth-order valence-electron chi connectivity index (χ4n) is 4.09. The summed E-state index contributed by atoms with van der Waals surface area (Å²) < 4.78 is 0. The van der Waals surface area contributed by atoms with Gasteiger partial charge in [-0.05, 0) is 56.2 Å². The summed E-state index contributed by atoms with van der Waals surface area (Å²) in [6, 6.07) is 28.3. The van der Waals surface area contributed by atoms with Crippen LogP contribution in [-0.2, 0) is 11.2 Å². The van der Waals surface area contributed by atoms with Gasteiger partial charge in [-0.2, -0.15) is 0 Å². The third kappa shape index (κ3) is 4.53. The van der Waals surface area contributed by atoms with Crippen LogP contribution in [0.1, 0.15) is 18.4 Å². The van der Waals surface area contributed by atoms with Crippen LogP contribution in [0.25, 0.3) is 32.3 Å². The molecule has 5 rings (SSSR count). The van der Waals surface area contributed by atoms with E-state index in [-0.39, 0.29) is 5.91 Å². The first-order valence-corrected chi connectivity index (χ1v) is 10.4. The Balaban J connectivity index is 0.000000217. The van der Waals surface area contributed by atoms with Gasteiger partial charge in [0, 0.05) is 6.42 Å². The van der Waals surface area contributed by atoms with Gasteiger partial charge in [-0.15, -0.1) is 0 Å². The third-order valence-electron chi connectivity index (χ3n) is 5.59. The van der Waals surface area contributed by atoms with E-state index in [2.05, 4.69) is 54.6 Å². The van der Waals surface area contributed by atoms with Gasteiger partial charge in [-0.1, -0.05) is 84.9 Å². The number of benzene rings is 5. The zero-order valence-electron chi connectivity index (χ0n) is 17.2. The number of amides is 1. The topological polar surface area (TPSA) is 83.6 Å². The smallest absolute Gasteiger partial charge is 0.423 e. The number of nitrogens with two attached hydrogens (primary N) is 1. The Labute approximate surface area is 181 Å². The summed E-state index contributed by atoms with van der Waals surface area (Å²) >= 11 is 0. The molecule has 154 valence electrons. The van der Waals surface area contributed by atoms with Crippen LogP contribution in [0.5, 0.6) is 0 Å². The quantitative estimate of drug-likeness (QED) is 0.305. The minimum absolute atomic E-state index is 0.224. The summed E-state index contributed by atoms with van der Waals surface area (Å²) in [5.74, 6) is -0.224. The van der Waals surface area contributed by atoms with Gasteiger partial charge in [0.05, 0.1) is 0 Å². The molecule has 0 aliphatic heterocycles. The predicted molar refractivity (Wildman–Crippen MR) is 129 cm³/mol. The highest BCUT2D eigenvalue weighted by atomic mass is 16.4. The standard InChI is InChI=1S/C20H17NO.C6H7BO2/c21-18(22)6-2-3-13-7-8-16-10-9-14-4-1-5-15-11-12-17(13)20(16)19(14)15;8-7(9)6-4-2-1-3-5-6/h1,4-5,7-12H,2-3,6H2,(H2,21,22);1-5,8-9H. The SMILES string of the molecule is NC(=O)CCCc1ccc2ccc3cccc4ccc1c2c34.OB(O)c1ccccc1. The van der Waals surface area contributed by atoms with Crippen molar-refractivity contribution in [2.75, 3.05) is 0 Å². The van der Waals surface area contributed by atoms with Gasteiger partial charge < -0.3 is 15.8 Å². The maximum atomic E-state index is 10.9. The number of aryl methyl sites for hydroxylation is 1. The summed E-state index contributed by atoms with van der Waals surface area (Å²) in [4.78, 5) is 10.9. The zero-order valence-corrected chi connectivity index (χ0v) is 17.2. The lowest BCUT2D eigenvalue weighted by molar-refractivity contribution is -0.118. The maximum Gasteiger partial charge on any atom is 0.488 e. The van der Waals surface area contributed by atoms with Crippen molar-refractivity contribution in [1.29, 1.82) is 0 Å². The molecule has 0 heterocycles. The number of rotatable bonds is 5. The summed E-state index contributed by atoms with van der Waals surface area (Å²) in [6.45, 7) is 0. The van der Waals surface area contributed by atoms with Gasteiger partial charge in [0.15, 0.2) is 0 Å². The molecule has 1 amide bonds. The summed E-state index contributed by atoms with van der Waals surface area (Å²) in [7, 11) is -1.34. The average molecular weight is 409 g/mol. The van der Waals surface area contributed by atoms with Crippen LogP contribution in [0, 0.1) is 0 Å². The van der Waals surface area contributed by atoms with E-state index < -0.39 is 7.12 Å². The van der Waals surface area contributed by atoms with Crippen molar-refractivity contribution in [2.24, 2.45) is 5.73 Å². The number of hydrogen-bond acceptors (Lipinski definition) is 3. The molecule has 0 aliphatic rings. The van der Waals surface area contributed by atoms with Gasteiger partial charge in [0.25, 0.3) is 0 Å². The Hall–Kier alpha value is -3.41. The maximum absolute atomic E-state index is 10.9. The number of carbonyl (C=O) groups excluding carboxylic acids is 1. The molecule has 0 spiro atoms. The highest BCUT2D eigenvalue weighted by Gasteiger charge is 2.10. The van der Waals surface area contributed by atoms with E-state index in [0.29, 0.717) is 11.9 Å². The van der Waals surface area contributed by atoms with Crippen molar-refractivity contribution >= 4 is 50.8 Å². The molecular formula is C26H24BNO3. The van der Waals surface area contributed by atoms with E-state index in [1.165, 1.54) is 37.9 Å². The fraction of sp³-hybridized carbons (Fsp3) is 0.115. The molecular weight excluding hydrogens is 385 g/mol. The minimum Gasteiger partial charge on any atom is -0.423 e. The zero-order chi connectivity index (χ0) is 21.8. The molecule has 5 aromatic rings. The molecule has 0 unspecified atom stereocenters. The molecule has 0 radical (unpaired) electrons. The lowest BCUT2D eigenvalue weighted by Gasteiger charge is -2.13. The fourth-order valence-corrected chi connectivity index (χ4v) is 4.09. The summed E-state index contributed by atoms with van der Waals surface area (Å²) in [5, 5.41) is 25.0. The highest BCUT2D eigenvalue weighted by molar-refractivity contribution is 6.58. The number of hydrogen-bond donors (Lipinski definition) is 3. The van der Waals surface area contributed by atoms with Gasteiger partial charge in [-0.3, -0.25) is 4.79 Å². The van der Waals surface area contributed by atoms with E-state index in [4.69, 9.17) is 15.8 Å². The molecule has 0 bridgehead atoms. The molecule has 0 aliphatic carbocycles. The van der Waals surface area contributed by atoms with Gasteiger partial charge in [-0.25, -0.2) is 0 Å². The van der Waals surface area contributed by atoms with Gasteiger partial charge in [0.1, 0.15) is 0 Å². The van der Waals surface area contributed by atoms with Crippen molar-refractivity contribution in [3.05, 3.63) is 90.5 Å². The van der Waals surface area contributed by atoms with Crippen LogP contribution in [0.3, 0.4) is 0 Å². The Morgan fingerprint density at radius 3 is 1.97 bits per heavy atom. The number of primary amides is 1. The lowest BCUT2D eigenvalue weighted by atomic mass is 9.81. The largest absolute Gasteiger partial charge is 0.488 e. The first kappa shape index (κ1) is 20.9. The van der Waals surface area contributed by atoms with Crippen LogP contribution < -0.4 is 11.2 Å². The first-order valence-electron chi connectivity index (χ1n) is 10.4. The molecule has 31 heavy (non-hydrogen) atoms. The van der Waals surface area contributed by atoms with Crippen LogP contribution in [0.4, 0.5) is 0 Å². The van der Waals surface area contributed by atoms with Crippen molar-refractivity contribution in [3.63, 3.8) is 0 Å². The minimum atomic E-state index is -1.34. The van der Waals surface area contributed by atoms with Gasteiger partial charge in [0.2, 0.25) is 5.91 Å². The van der Waals surface area contributed by atoms with Crippen LogP contribution in [0.15, 0.2) is 84.9 Å². The first-order chi connectivity index (χ1) is 15.0. The second-order valence-electron chi connectivity index (χ2n) is 7.68. The normalized spacial score (nSPS) is 10.9. The lowest BCUT2D eigenvalue weighted by Crippen LogP contribution is -2.29. The van der Waals surface area contributed by atoms with Crippen LogP contribution in [-0.4, -0.2) is 23.1 Å². The van der Waals surface area contributed by atoms with Crippen molar-refractivity contribution < 1.29 is 14.8 Å². The van der Waals surface area contributed by atoms with Gasteiger partial charge >= 0.3 is 7.12 Å². The molecule has 5 heteroatoms. The van der Waals surface area contributed by atoms with E-state index >= 15 is 0 Å². The third-order valence-corrected chi connectivity index (χ3v) is 5.59. The monoisotopic (exact) mass is 409 g/mol. The predicted octanol–water partition coefficient (Wildman–Crippen LogP) is 3.76. The Morgan fingerprint density at radius 2 is 1.35 bits per heavy atom. The Kier molecular flexibility index (Phi) is 6.17. The van der Waals surface area contributed by atoms with E-state index in [1.807, 2.05) is 6.07 Å². The van der Waals surface area contributed by atoms with Crippen LogP contribution in [0.2, 0.25) is 0 Å². The van der Waals surface area contributed by atoms with Crippen molar-refractivity contribution in [1.82, 2.24) is 0 Å². The molecule has 0 fully saturated rings. The molecule has 5 aromatic carbocycles. The summed E-state index contributed by atoms with van der Waals surface area (Å²) in [5.41, 5.74) is 7.07. The molecule has 0 saturated heterocycles. The van der Waals surface area contributed by atoms with Crippen molar-refractivity contribution in [3.8, 4) is 0 Å². The molecule has 4 N–H and O–H groups in total. The van der Waals surface area contributed by atoms with Crippen LogP contribution >= 0.6 is 0 Å².